The number of rotatable bonds is 5. The minimum absolute atomic E-state index is 0.0202. The lowest BCUT2D eigenvalue weighted by Crippen LogP contribution is -2.47. The fraction of sp³-hybridized carbons (Fsp3) is 0.846. The van der Waals surface area contributed by atoms with E-state index >= 15 is 0 Å². The van der Waals surface area contributed by atoms with E-state index in [1.165, 1.54) is 0 Å². The number of ether oxygens (including phenoxy) is 1. The molecule has 2 unspecified atom stereocenters. The number of nitrogens with two attached hydrogens (primary N) is 1. The molecule has 0 amide bonds. The summed E-state index contributed by atoms with van der Waals surface area (Å²) in [4.78, 5) is 2.43. The van der Waals surface area contributed by atoms with Gasteiger partial charge in [0.15, 0.2) is 0 Å². The molecule has 6 heteroatoms. The second-order valence-electron chi connectivity index (χ2n) is 5.46. The monoisotopic (exact) mass is 267 g/mol. The molecule has 2 N–H and O–H groups in total. The Kier molecular flexibility index (Phi) is 4.90. The molecule has 0 saturated carbocycles. The summed E-state index contributed by atoms with van der Waals surface area (Å²) in [7, 11) is 0. The second kappa shape index (κ2) is 6.45. The Morgan fingerprint density at radius 1 is 1.53 bits per heavy atom. The van der Waals surface area contributed by atoms with Gasteiger partial charge in [0, 0.05) is 19.1 Å². The molecule has 2 rings (SSSR count). The van der Waals surface area contributed by atoms with Gasteiger partial charge in [0.25, 0.3) is 0 Å². The van der Waals surface area contributed by atoms with E-state index in [1.54, 1.807) is 0 Å². The van der Waals surface area contributed by atoms with E-state index in [-0.39, 0.29) is 12.1 Å². The first kappa shape index (κ1) is 14.4. The fourth-order valence-electron chi connectivity index (χ4n) is 2.31. The van der Waals surface area contributed by atoms with Crippen molar-refractivity contribution in [3.8, 4) is 0 Å². The van der Waals surface area contributed by atoms with E-state index in [9.17, 15) is 0 Å². The van der Waals surface area contributed by atoms with Crippen molar-refractivity contribution in [3.63, 3.8) is 0 Å². The minimum Gasteiger partial charge on any atom is -0.374 e. The first-order chi connectivity index (χ1) is 9.10. The van der Waals surface area contributed by atoms with Crippen LogP contribution in [-0.4, -0.2) is 51.7 Å². The molecule has 0 aliphatic carbocycles. The van der Waals surface area contributed by atoms with Crippen molar-refractivity contribution in [1.82, 2.24) is 19.9 Å². The first-order valence-corrected chi connectivity index (χ1v) is 7.11. The van der Waals surface area contributed by atoms with Gasteiger partial charge in [-0.3, -0.25) is 4.90 Å². The lowest BCUT2D eigenvalue weighted by Gasteiger charge is -2.35. The first-order valence-electron chi connectivity index (χ1n) is 7.11. The third-order valence-electron chi connectivity index (χ3n) is 3.67. The summed E-state index contributed by atoms with van der Waals surface area (Å²) >= 11 is 0. The Balaban J connectivity index is 1.91. The standard InChI is InChI=1S/C13H25N5O/c1-4-12(14)13-9-18(16-15-13)8-11-7-17(10(2)3)5-6-19-11/h9-12H,4-8,14H2,1-3H3. The third-order valence-corrected chi connectivity index (χ3v) is 3.67. The summed E-state index contributed by atoms with van der Waals surface area (Å²) in [5, 5.41) is 8.26. The molecule has 2 heterocycles. The Hall–Kier alpha value is -0.980. The van der Waals surface area contributed by atoms with Gasteiger partial charge < -0.3 is 10.5 Å². The number of hydrogen-bond donors (Lipinski definition) is 1. The van der Waals surface area contributed by atoms with Gasteiger partial charge in [-0.25, -0.2) is 4.68 Å². The lowest BCUT2D eigenvalue weighted by atomic mass is 10.2. The van der Waals surface area contributed by atoms with Crippen LogP contribution in [0.4, 0.5) is 0 Å². The summed E-state index contributed by atoms with van der Waals surface area (Å²) in [6, 6.07) is 0.541. The van der Waals surface area contributed by atoms with Crippen LogP contribution >= 0.6 is 0 Å². The van der Waals surface area contributed by atoms with Gasteiger partial charge >= 0.3 is 0 Å². The molecule has 1 aliphatic heterocycles. The van der Waals surface area contributed by atoms with Crippen molar-refractivity contribution in [2.75, 3.05) is 19.7 Å². The molecular weight excluding hydrogens is 242 g/mol. The molecule has 1 aromatic rings. The Bertz CT molecular complexity index is 392. The molecule has 0 radical (unpaired) electrons. The van der Waals surface area contributed by atoms with Gasteiger partial charge in [-0.15, -0.1) is 5.10 Å². The Labute approximate surface area is 114 Å². The Morgan fingerprint density at radius 2 is 2.32 bits per heavy atom. The average molecular weight is 267 g/mol. The summed E-state index contributed by atoms with van der Waals surface area (Å²) in [6.07, 6.45) is 2.99. The van der Waals surface area contributed by atoms with Crippen LogP contribution < -0.4 is 5.73 Å². The molecule has 0 spiro atoms. The van der Waals surface area contributed by atoms with Crippen LogP contribution in [0.3, 0.4) is 0 Å². The lowest BCUT2D eigenvalue weighted by molar-refractivity contribution is -0.0471. The molecule has 1 aliphatic rings. The second-order valence-corrected chi connectivity index (χ2v) is 5.46. The van der Waals surface area contributed by atoms with Crippen molar-refractivity contribution >= 4 is 0 Å². The maximum Gasteiger partial charge on any atom is 0.0994 e. The summed E-state index contributed by atoms with van der Waals surface area (Å²) in [5.74, 6) is 0. The van der Waals surface area contributed by atoms with Crippen molar-refractivity contribution in [3.05, 3.63) is 11.9 Å². The average Bonchev–Trinajstić information content (AvgIpc) is 2.86. The van der Waals surface area contributed by atoms with Crippen molar-refractivity contribution < 1.29 is 4.74 Å². The van der Waals surface area contributed by atoms with Gasteiger partial charge in [0.1, 0.15) is 0 Å². The van der Waals surface area contributed by atoms with Crippen LogP contribution in [-0.2, 0) is 11.3 Å². The maximum atomic E-state index is 5.95. The van der Waals surface area contributed by atoms with E-state index in [1.807, 2.05) is 10.9 Å². The molecule has 19 heavy (non-hydrogen) atoms. The number of hydrogen-bond acceptors (Lipinski definition) is 5. The highest BCUT2D eigenvalue weighted by Gasteiger charge is 2.23. The van der Waals surface area contributed by atoms with E-state index in [0.29, 0.717) is 6.04 Å². The maximum absolute atomic E-state index is 5.95. The van der Waals surface area contributed by atoms with E-state index in [4.69, 9.17) is 10.5 Å². The van der Waals surface area contributed by atoms with Crippen molar-refractivity contribution in [2.24, 2.45) is 5.73 Å². The molecule has 0 bridgehead atoms. The van der Waals surface area contributed by atoms with Crippen LogP contribution in [0.5, 0.6) is 0 Å². The van der Waals surface area contributed by atoms with Crippen LogP contribution in [0.1, 0.15) is 38.9 Å². The van der Waals surface area contributed by atoms with Gasteiger partial charge in [-0.2, -0.15) is 0 Å². The van der Waals surface area contributed by atoms with Crippen molar-refractivity contribution in [2.45, 2.75) is 51.9 Å². The quantitative estimate of drug-likeness (QED) is 0.854. The molecule has 6 nitrogen and oxygen atoms in total. The van der Waals surface area contributed by atoms with Crippen LogP contribution in [0.15, 0.2) is 6.20 Å². The zero-order valence-corrected chi connectivity index (χ0v) is 12.1. The predicted octanol–water partition coefficient (Wildman–Crippen LogP) is 0.797. The van der Waals surface area contributed by atoms with Gasteiger partial charge in [0.2, 0.25) is 0 Å². The van der Waals surface area contributed by atoms with Gasteiger partial charge in [0.05, 0.1) is 37.2 Å². The van der Waals surface area contributed by atoms with Gasteiger partial charge in [-0.05, 0) is 20.3 Å². The van der Waals surface area contributed by atoms with E-state index in [0.717, 1.165) is 38.4 Å². The zero-order valence-electron chi connectivity index (χ0n) is 12.1. The topological polar surface area (TPSA) is 69.2 Å². The molecular formula is C13H25N5O. The predicted molar refractivity (Wildman–Crippen MR) is 73.7 cm³/mol. The van der Waals surface area contributed by atoms with Crippen LogP contribution in [0, 0.1) is 0 Å². The summed E-state index contributed by atoms with van der Waals surface area (Å²) in [6.45, 7) is 9.98. The zero-order chi connectivity index (χ0) is 13.8. The number of morpholine rings is 1. The van der Waals surface area contributed by atoms with Gasteiger partial charge in [-0.1, -0.05) is 12.1 Å². The molecule has 108 valence electrons. The number of aromatic nitrogens is 3. The Morgan fingerprint density at radius 3 is 3.00 bits per heavy atom. The summed E-state index contributed by atoms with van der Waals surface area (Å²) < 4.78 is 7.64. The summed E-state index contributed by atoms with van der Waals surface area (Å²) in [5.41, 5.74) is 6.81. The van der Waals surface area contributed by atoms with Crippen molar-refractivity contribution in [1.29, 1.82) is 0 Å². The minimum atomic E-state index is -0.0202. The highest BCUT2D eigenvalue weighted by molar-refractivity contribution is 4.99. The van der Waals surface area contributed by atoms with Crippen LogP contribution in [0.2, 0.25) is 0 Å². The van der Waals surface area contributed by atoms with E-state index < -0.39 is 0 Å². The van der Waals surface area contributed by atoms with E-state index in [2.05, 4.69) is 36.0 Å². The fourth-order valence-corrected chi connectivity index (χ4v) is 2.31. The molecule has 0 aromatic carbocycles. The highest BCUT2D eigenvalue weighted by atomic mass is 16.5. The van der Waals surface area contributed by atoms with Crippen LogP contribution in [0.25, 0.3) is 0 Å². The molecule has 1 aromatic heterocycles. The third kappa shape index (κ3) is 3.75. The molecule has 1 fully saturated rings. The number of nitrogens with zero attached hydrogens (tertiary/aromatic N) is 4. The smallest absolute Gasteiger partial charge is 0.0994 e. The largest absolute Gasteiger partial charge is 0.374 e. The molecule has 2 atom stereocenters. The SMILES string of the molecule is CCC(N)c1cn(CC2CN(C(C)C)CCO2)nn1. The molecule has 1 saturated heterocycles. The highest BCUT2D eigenvalue weighted by Crippen LogP contribution is 2.12. The normalized spacial score (nSPS) is 22.9.